The van der Waals surface area contributed by atoms with E-state index in [0.29, 0.717) is 11.2 Å². The first-order valence-electron chi connectivity index (χ1n) is 6.79. The van der Waals surface area contributed by atoms with E-state index < -0.39 is 7.82 Å². The molecule has 0 saturated heterocycles. The summed E-state index contributed by atoms with van der Waals surface area (Å²) in [7, 11) is -4.64. The van der Waals surface area contributed by atoms with Gasteiger partial charge < -0.3 is 26.1 Å². The summed E-state index contributed by atoms with van der Waals surface area (Å²) in [5, 5.41) is 0. The maximum absolute atomic E-state index is 8.88. The smallest absolute Gasteiger partial charge is 0.382 e. The fraction of sp³-hybridized carbons (Fsp3) is 0.500. The second kappa shape index (κ2) is 7.14. The largest absolute Gasteiger partial charge is 0.466 e. The first-order chi connectivity index (χ1) is 10.4. The number of anilines is 2. The van der Waals surface area contributed by atoms with Crippen LogP contribution in [0.2, 0.25) is 0 Å². The predicted octanol–water partition coefficient (Wildman–Crippen LogP) is 0.902. The number of hydrogen-bond acceptors (Lipinski definition) is 7. The molecule has 2 aromatic rings. The van der Waals surface area contributed by atoms with Crippen LogP contribution in [-0.2, 0) is 4.57 Å². The quantitative estimate of drug-likeness (QED) is 0.491. The molecular weight excluding hydrogens is 323 g/mol. The molecular formula is C12H21N6O4P. The number of hydrogen-bond donors (Lipinski definition) is 5. The van der Waals surface area contributed by atoms with Gasteiger partial charge in [-0.1, -0.05) is 27.7 Å². The molecule has 0 aliphatic heterocycles. The molecule has 128 valence electrons. The third-order valence-corrected chi connectivity index (χ3v) is 2.72. The van der Waals surface area contributed by atoms with Crippen LogP contribution in [0.1, 0.15) is 50.9 Å². The summed E-state index contributed by atoms with van der Waals surface area (Å²) in [5.74, 6) is 0.955. The van der Waals surface area contributed by atoms with Crippen molar-refractivity contribution in [1.82, 2.24) is 19.9 Å². The Hall–Kier alpha value is -1.87. The molecule has 2 aromatic heterocycles. The zero-order chi connectivity index (χ0) is 17.9. The van der Waals surface area contributed by atoms with Crippen LogP contribution in [-0.4, -0.2) is 34.6 Å². The Labute approximate surface area is 133 Å². The first kappa shape index (κ1) is 19.2. The average Bonchev–Trinajstić information content (AvgIpc) is 2.34. The Kier molecular flexibility index (Phi) is 5.95. The normalized spacial score (nSPS) is 11.7. The molecule has 10 nitrogen and oxygen atoms in total. The summed E-state index contributed by atoms with van der Waals surface area (Å²) < 4.78 is 8.88. The van der Waals surface area contributed by atoms with Gasteiger partial charge in [-0.2, -0.15) is 9.97 Å². The molecule has 0 unspecified atom stereocenters. The lowest BCUT2D eigenvalue weighted by Crippen LogP contribution is -2.10. The van der Waals surface area contributed by atoms with Gasteiger partial charge in [-0.05, 0) is 11.8 Å². The van der Waals surface area contributed by atoms with Crippen molar-refractivity contribution in [3.8, 4) is 0 Å². The summed E-state index contributed by atoms with van der Waals surface area (Å²) in [6.07, 6.45) is 0. The number of fused-ring (bicyclic) bond motifs is 1. The van der Waals surface area contributed by atoms with Crippen LogP contribution in [0, 0.1) is 0 Å². The van der Waals surface area contributed by atoms with Crippen LogP contribution >= 0.6 is 7.82 Å². The number of aromatic nitrogens is 4. The van der Waals surface area contributed by atoms with Crippen LogP contribution < -0.4 is 11.5 Å². The highest BCUT2D eigenvalue weighted by Crippen LogP contribution is 2.26. The summed E-state index contributed by atoms with van der Waals surface area (Å²) in [6, 6.07) is 0. The Morgan fingerprint density at radius 2 is 1.30 bits per heavy atom. The molecule has 0 aromatic carbocycles. The van der Waals surface area contributed by atoms with Gasteiger partial charge in [0.05, 0.1) is 11.4 Å². The summed E-state index contributed by atoms with van der Waals surface area (Å²) in [5.41, 5.74) is 14.3. The van der Waals surface area contributed by atoms with Crippen LogP contribution in [0.15, 0.2) is 0 Å². The van der Waals surface area contributed by atoms with E-state index in [0.717, 1.165) is 11.4 Å². The standard InChI is InChI=1S/C12H18N6.H3O4P/c1-5(2)7-8(6(3)4)16-11-9(15-7)10(13)17-12(14)18-11;1-5(2,3)4/h5-6H,1-4H3,(H4,13,14,16,17,18);(H3,1,2,3,4). The molecule has 7 N–H and O–H groups in total. The van der Waals surface area contributed by atoms with Gasteiger partial charge in [0.15, 0.2) is 17.0 Å². The Bertz CT molecular complexity index is 738. The highest BCUT2D eigenvalue weighted by molar-refractivity contribution is 7.45. The predicted molar refractivity (Wildman–Crippen MR) is 86.4 cm³/mol. The zero-order valence-electron chi connectivity index (χ0n) is 13.3. The van der Waals surface area contributed by atoms with Gasteiger partial charge in [0.1, 0.15) is 0 Å². The molecule has 0 fully saturated rings. The van der Waals surface area contributed by atoms with Gasteiger partial charge in [0.25, 0.3) is 0 Å². The van der Waals surface area contributed by atoms with Crippen molar-refractivity contribution in [2.24, 2.45) is 0 Å². The maximum atomic E-state index is 8.88. The van der Waals surface area contributed by atoms with Crippen LogP contribution in [0.25, 0.3) is 11.2 Å². The van der Waals surface area contributed by atoms with Crippen LogP contribution in [0.5, 0.6) is 0 Å². The van der Waals surface area contributed by atoms with Crippen molar-refractivity contribution in [2.75, 3.05) is 11.5 Å². The number of rotatable bonds is 2. The third kappa shape index (κ3) is 5.68. The number of nitrogen functional groups attached to an aromatic ring is 2. The summed E-state index contributed by atoms with van der Waals surface area (Å²) in [6.45, 7) is 8.32. The van der Waals surface area contributed by atoms with Gasteiger partial charge in [0.2, 0.25) is 5.95 Å². The molecule has 0 aliphatic carbocycles. The molecule has 0 amide bonds. The van der Waals surface area contributed by atoms with Gasteiger partial charge in [-0.25, -0.2) is 14.5 Å². The second-order valence-corrected chi connectivity index (χ2v) is 6.48. The number of nitrogens with zero attached hydrogens (tertiary/aromatic N) is 4. The van der Waals surface area contributed by atoms with Gasteiger partial charge in [-0.3, -0.25) is 0 Å². The average molecular weight is 344 g/mol. The first-order valence-corrected chi connectivity index (χ1v) is 8.35. The molecule has 0 radical (unpaired) electrons. The molecule has 0 bridgehead atoms. The van der Waals surface area contributed by atoms with Crippen molar-refractivity contribution in [2.45, 2.75) is 39.5 Å². The highest BCUT2D eigenvalue weighted by Gasteiger charge is 2.17. The molecule has 0 spiro atoms. The Morgan fingerprint density at radius 3 is 1.74 bits per heavy atom. The lowest BCUT2D eigenvalue weighted by Gasteiger charge is -2.14. The summed E-state index contributed by atoms with van der Waals surface area (Å²) >= 11 is 0. The lowest BCUT2D eigenvalue weighted by atomic mass is 10.0. The summed E-state index contributed by atoms with van der Waals surface area (Å²) in [4.78, 5) is 38.7. The fourth-order valence-electron chi connectivity index (χ4n) is 1.86. The maximum Gasteiger partial charge on any atom is 0.466 e. The van der Waals surface area contributed by atoms with Crippen molar-refractivity contribution in [3.05, 3.63) is 11.4 Å². The van der Waals surface area contributed by atoms with E-state index in [1.165, 1.54) is 0 Å². The van der Waals surface area contributed by atoms with E-state index in [9.17, 15) is 0 Å². The third-order valence-electron chi connectivity index (χ3n) is 2.72. The van der Waals surface area contributed by atoms with Crippen molar-refractivity contribution in [1.29, 1.82) is 0 Å². The number of phosphoric acid groups is 1. The zero-order valence-corrected chi connectivity index (χ0v) is 14.2. The molecule has 23 heavy (non-hydrogen) atoms. The second-order valence-electron chi connectivity index (χ2n) is 5.46. The molecule has 0 aliphatic rings. The Morgan fingerprint density at radius 1 is 0.870 bits per heavy atom. The van der Waals surface area contributed by atoms with Crippen molar-refractivity contribution >= 4 is 30.8 Å². The van der Waals surface area contributed by atoms with Gasteiger partial charge in [0, 0.05) is 0 Å². The SMILES string of the molecule is CC(C)c1nc2nc(N)nc(N)c2nc1C(C)C.O=P(O)(O)O. The van der Waals surface area contributed by atoms with E-state index in [1.54, 1.807) is 0 Å². The molecule has 0 saturated carbocycles. The van der Waals surface area contributed by atoms with Crippen LogP contribution in [0.3, 0.4) is 0 Å². The molecule has 2 rings (SSSR count). The molecule has 11 heteroatoms. The topological polar surface area (TPSA) is 181 Å². The van der Waals surface area contributed by atoms with Crippen LogP contribution in [0.4, 0.5) is 11.8 Å². The van der Waals surface area contributed by atoms with E-state index in [2.05, 4.69) is 47.6 Å². The molecule has 0 atom stereocenters. The molecule has 2 heterocycles. The minimum absolute atomic E-state index is 0.126. The van der Waals surface area contributed by atoms with Gasteiger partial charge in [-0.15, -0.1) is 0 Å². The monoisotopic (exact) mass is 344 g/mol. The number of nitrogens with two attached hydrogens (primary N) is 2. The van der Waals surface area contributed by atoms with E-state index >= 15 is 0 Å². The Balaban J connectivity index is 0.000000463. The van der Waals surface area contributed by atoms with E-state index in [1.807, 2.05) is 0 Å². The highest BCUT2D eigenvalue weighted by atomic mass is 31.2. The minimum Gasteiger partial charge on any atom is -0.382 e. The van der Waals surface area contributed by atoms with E-state index in [4.69, 9.17) is 30.7 Å². The fourth-order valence-corrected chi connectivity index (χ4v) is 1.86. The van der Waals surface area contributed by atoms with E-state index in [-0.39, 0.29) is 23.6 Å². The van der Waals surface area contributed by atoms with Crippen molar-refractivity contribution < 1.29 is 19.2 Å². The minimum atomic E-state index is -4.64. The van der Waals surface area contributed by atoms with Crippen molar-refractivity contribution in [3.63, 3.8) is 0 Å². The lowest BCUT2D eigenvalue weighted by molar-refractivity contribution is 0.275. The van der Waals surface area contributed by atoms with Gasteiger partial charge >= 0.3 is 7.82 Å².